The number of urea groups is 2. The number of hydrogen-bond donors (Lipinski definition) is 6. The minimum atomic E-state index is -0.345. The highest BCUT2D eigenvalue weighted by Crippen LogP contribution is 2.41. The zero-order valence-corrected chi connectivity index (χ0v) is 38.2. The molecule has 0 bridgehead atoms. The van der Waals surface area contributed by atoms with E-state index in [-0.39, 0.29) is 36.0 Å². The van der Waals surface area contributed by atoms with Gasteiger partial charge in [0.1, 0.15) is 23.0 Å². The molecule has 15 nitrogen and oxygen atoms in total. The molecule has 67 heavy (non-hydrogen) atoms. The van der Waals surface area contributed by atoms with Crippen LogP contribution >= 0.6 is 0 Å². The lowest BCUT2D eigenvalue weighted by molar-refractivity contribution is 0.0960. The number of Topliss-reactive ketones (excluding diaryl/α,β-unsaturated/α-hetero) is 2. The van der Waals surface area contributed by atoms with E-state index in [1.165, 1.54) is 65.5 Å². The van der Waals surface area contributed by atoms with Crippen molar-refractivity contribution in [3.63, 3.8) is 0 Å². The number of aromatic nitrogens is 2. The van der Waals surface area contributed by atoms with Crippen molar-refractivity contribution in [2.45, 2.75) is 76.0 Å². The van der Waals surface area contributed by atoms with Gasteiger partial charge in [0.05, 0.1) is 25.3 Å². The maximum atomic E-state index is 13.2. The van der Waals surface area contributed by atoms with Gasteiger partial charge in [-0.25, -0.2) is 9.59 Å². The number of H-pyrrole nitrogens is 2. The Morgan fingerprint density at radius 3 is 1.67 bits per heavy atom. The van der Waals surface area contributed by atoms with E-state index in [0.717, 1.165) is 74.9 Å². The van der Waals surface area contributed by atoms with Crippen LogP contribution in [0.15, 0.2) is 78.6 Å². The summed E-state index contributed by atoms with van der Waals surface area (Å²) in [5.41, 5.74) is 8.19. The molecule has 2 aromatic heterocycles. The number of benzene rings is 4. The van der Waals surface area contributed by atoms with Crippen molar-refractivity contribution >= 4 is 69.2 Å². The van der Waals surface area contributed by atoms with Crippen molar-refractivity contribution in [3.8, 4) is 23.0 Å². The molecular formula is C52H56N6O9. The number of fused-ring (bicyclic) bond motifs is 4. The summed E-state index contributed by atoms with van der Waals surface area (Å²) in [6.45, 7) is 0.0821. The second-order valence-electron chi connectivity index (χ2n) is 17.0. The number of aromatic amines is 2. The third-order valence-corrected chi connectivity index (χ3v) is 12.8. The van der Waals surface area contributed by atoms with Gasteiger partial charge in [-0.1, -0.05) is 38.5 Å². The van der Waals surface area contributed by atoms with Crippen molar-refractivity contribution in [1.29, 1.82) is 0 Å². The van der Waals surface area contributed by atoms with Gasteiger partial charge >= 0.3 is 12.1 Å². The van der Waals surface area contributed by atoms with Crippen LogP contribution < -0.4 is 40.2 Å². The van der Waals surface area contributed by atoms with E-state index in [0.29, 0.717) is 45.8 Å². The molecule has 0 spiro atoms. The number of anilines is 2. The lowest BCUT2D eigenvalue weighted by Gasteiger charge is -2.21. The number of ketones is 2. The van der Waals surface area contributed by atoms with Gasteiger partial charge < -0.3 is 50.2 Å². The molecule has 2 aliphatic heterocycles. The summed E-state index contributed by atoms with van der Waals surface area (Å²) in [7, 11) is 6.37. The molecule has 6 N–H and O–H groups in total. The second-order valence-corrected chi connectivity index (χ2v) is 17.0. The number of carbonyl (C=O) groups is 5. The van der Waals surface area contributed by atoms with E-state index in [1.807, 2.05) is 42.5 Å². The molecule has 2 fully saturated rings. The normalized spacial score (nSPS) is 16.1. The Morgan fingerprint density at radius 1 is 0.642 bits per heavy atom. The molecule has 6 aromatic rings. The first-order chi connectivity index (χ1) is 32.6. The van der Waals surface area contributed by atoms with Crippen LogP contribution in [-0.4, -0.2) is 74.8 Å². The van der Waals surface area contributed by atoms with Crippen LogP contribution in [0.4, 0.5) is 21.0 Å². The molecule has 15 heteroatoms. The summed E-state index contributed by atoms with van der Waals surface area (Å²) in [5.74, 6) is 3.57. The first-order valence-electron chi connectivity index (χ1n) is 22.8. The third-order valence-electron chi connectivity index (χ3n) is 12.8. The van der Waals surface area contributed by atoms with E-state index in [9.17, 15) is 24.0 Å². The van der Waals surface area contributed by atoms with Gasteiger partial charge in [0, 0.05) is 69.8 Å². The smallest absolute Gasteiger partial charge is 0.318 e. The molecule has 2 saturated carbocycles. The average Bonchev–Trinajstić information content (AvgIpc) is 4.13. The highest BCUT2D eigenvalue weighted by atomic mass is 16.5. The second kappa shape index (κ2) is 20.7. The zero-order valence-electron chi connectivity index (χ0n) is 38.2. The number of rotatable bonds is 8. The Kier molecular flexibility index (Phi) is 14.2. The van der Waals surface area contributed by atoms with Crippen LogP contribution in [0.2, 0.25) is 0 Å². The summed E-state index contributed by atoms with van der Waals surface area (Å²) in [6.07, 6.45) is 15.0. The number of aldehydes is 1. The average molecular weight is 909 g/mol. The monoisotopic (exact) mass is 908 g/mol. The molecule has 0 atom stereocenters. The number of amides is 4. The largest absolute Gasteiger partial charge is 0.497 e. The predicted octanol–water partition coefficient (Wildman–Crippen LogP) is 10.6. The van der Waals surface area contributed by atoms with Gasteiger partial charge in [-0.3, -0.25) is 14.4 Å². The Labute approximate surface area is 388 Å². The van der Waals surface area contributed by atoms with Crippen molar-refractivity contribution in [2.24, 2.45) is 0 Å². The number of allylic oxidation sites excluding steroid dienone is 1. The lowest BCUT2D eigenvalue weighted by atomic mass is 9.85. The van der Waals surface area contributed by atoms with Gasteiger partial charge in [-0.05, 0) is 116 Å². The maximum Gasteiger partial charge on any atom is 0.318 e. The summed E-state index contributed by atoms with van der Waals surface area (Å²) in [6, 6.07) is 21.2. The number of ether oxygens (including phenoxy) is 4. The first kappa shape index (κ1) is 46.0. The molecule has 348 valence electrons. The summed E-state index contributed by atoms with van der Waals surface area (Å²) >= 11 is 0. The molecule has 2 aliphatic carbocycles. The topological polar surface area (TPSA) is 202 Å². The molecular weight excluding hydrogens is 853 g/mol. The number of nitrogens with one attached hydrogen (secondary N) is 6. The quantitative estimate of drug-likeness (QED) is 0.0635. The van der Waals surface area contributed by atoms with E-state index < -0.39 is 0 Å². The van der Waals surface area contributed by atoms with E-state index >= 15 is 0 Å². The van der Waals surface area contributed by atoms with Gasteiger partial charge in [0.15, 0.2) is 18.7 Å². The summed E-state index contributed by atoms with van der Waals surface area (Å²) in [5, 5.41) is 12.2. The molecule has 4 heterocycles. The summed E-state index contributed by atoms with van der Waals surface area (Å²) < 4.78 is 21.8. The SMILES string of the molecule is CNC(=O)Nc1ccc2c(c1)C(=O)/C(=C/c1c(C3CCCCC3)[nH]c3ccc(OC)cc13)O2.CNC(=O)Nc1ccc2c(c1)C(=O)CO2.COc1ccc2[nH]c(C3CCCCC3)c(C=O)c2c1. The number of carbonyl (C=O) groups excluding carboxylic acids is 5. The van der Waals surface area contributed by atoms with E-state index in [1.54, 1.807) is 50.6 Å². The minimum absolute atomic E-state index is 0.0643. The summed E-state index contributed by atoms with van der Waals surface area (Å²) in [4.78, 5) is 65.7. The molecule has 0 unspecified atom stereocenters. The van der Waals surface area contributed by atoms with Crippen molar-refractivity contribution in [3.05, 3.63) is 112 Å². The molecule has 4 aromatic carbocycles. The maximum absolute atomic E-state index is 13.2. The van der Waals surface area contributed by atoms with Crippen molar-refractivity contribution in [2.75, 3.05) is 45.6 Å². The fraction of sp³-hybridized carbons (Fsp3) is 0.327. The Bertz CT molecular complexity index is 2870. The van der Waals surface area contributed by atoms with Crippen LogP contribution in [0, 0.1) is 0 Å². The van der Waals surface area contributed by atoms with Crippen LogP contribution in [0.1, 0.15) is 124 Å². The first-order valence-corrected chi connectivity index (χ1v) is 22.8. The minimum Gasteiger partial charge on any atom is -0.497 e. The van der Waals surface area contributed by atoms with Gasteiger partial charge in [0.2, 0.25) is 11.6 Å². The van der Waals surface area contributed by atoms with Gasteiger partial charge in [-0.2, -0.15) is 0 Å². The molecule has 10 rings (SSSR count). The van der Waals surface area contributed by atoms with E-state index in [4.69, 9.17) is 18.9 Å². The Morgan fingerprint density at radius 2 is 1.15 bits per heavy atom. The Balaban J connectivity index is 0.000000151. The van der Waals surface area contributed by atoms with Gasteiger partial charge in [-0.15, -0.1) is 0 Å². The molecule has 0 saturated heterocycles. The molecule has 4 amide bonds. The molecule has 0 radical (unpaired) electrons. The molecule has 4 aliphatic rings. The van der Waals surface area contributed by atoms with Crippen molar-refractivity contribution < 1.29 is 42.9 Å². The van der Waals surface area contributed by atoms with Crippen LogP contribution in [0.3, 0.4) is 0 Å². The number of methoxy groups -OCH3 is 2. The fourth-order valence-electron chi connectivity index (χ4n) is 9.35. The van der Waals surface area contributed by atoms with Crippen LogP contribution in [0.25, 0.3) is 27.9 Å². The Hall–Kier alpha value is -7.55. The fourth-order valence-corrected chi connectivity index (χ4v) is 9.35. The van der Waals surface area contributed by atoms with Gasteiger partial charge in [0.25, 0.3) is 0 Å². The standard InChI is InChI=1S/C26H27N3O4.C16H19NO2.C10H10N2O3/c1-27-26(31)28-16-8-11-22-20(12-16)25(30)23(33-22)14-19-18-13-17(32-2)9-10-21(18)29-24(19)15-6-4-3-5-7-15;1-19-12-7-8-15-13(9-12)14(10-18)16(17-15)11-5-3-2-4-6-11;1-11-10(14)12-6-2-3-9-7(4-6)8(13)5-15-9/h8-15,29H,3-7H2,1-2H3,(H2,27,28,31);7-11,17H,2-6H2,1H3;2-4H,5H2,1H3,(H2,11,12,14)/b23-14-;;. The highest BCUT2D eigenvalue weighted by Gasteiger charge is 2.30. The van der Waals surface area contributed by atoms with Crippen LogP contribution in [0.5, 0.6) is 23.0 Å². The highest BCUT2D eigenvalue weighted by molar-refractivity contribution is 6.16. The van der Waals surface area contributed by atoms with E-state index in [2.05, 4.69) is 31.2 Å². The van der Waals surface area contributed by atoms with Crippen LogP contribution in [-0.2, 0) is 0 Å². The third kappa shape index (κ3) is 10.2. The lowest BCUT2D eigenvalue weighted by Crippen LogP contribution is -2.24. The zero-order chi connectivity index (χ0) is 47.0. The van der Waals surface area contributed by atoms with Crippen molar-refractivity contribution in [1.82, 2.24) is 20.6 Å². The number of hydrogen-bond acceptors (Lipinski definition) is 9. The predicted molar refractivity (Wildman–Crippen MR) is 259 cm³/mol.